The third kappa shape index (κ3) is 5.54. The van der Waals surface area contributed by atoms with Gasteiger partial charge in [-0.15, -0.1) is 0 Å². The maximum Gasteiger partial charge on any atom is 0.397 e. The zero-order valence-electron chi connectivity index (χ0n) is 18.8. The minimum absolute atomic E-state index is 0.0426. The number of carbonyl (C=O) groups is 1. The first-order valence-electron chi connectivity index (χ1n) is 11.2. The van der Waals surface area contributed by atoms with Crippen molar-refractivity contribution in [2.24, 2.45) is 5.41 Å². The second-order valence-corrected chi connectivity index (χ2v) is 9.03. The topological polar surface area (TPSA) is 50.8 Å². The van der Waals surface area contributed by atoms with Gasteiger partial charge in [0.1, 0.15) is 29.6 Å². The number of amides is 1. The molecule has 1 saturated carbocycles. The molecule has 2 aromatic carbocycles. The third-order valence-electron chi connectivity index (χ3n) is 6.42. The van der Waals surface area contributed by atoms with Crippen LogP contribution < -0.4 is 19.7 Å². The zero-order valence-corrected chi connectivity index (χ0v) is 18.8. The molecule has 0 bridgehead atoms. The van der Waals surface area contributed by atoms with Crippen molar-refractivity contribution in [2.75, 3.05) is 24.6 Å². The fourth-order valence-corrected chi connectivity index (χ4v) is 4.11. The number of benzene rings is 2. The van der Waals surface area contributed by atoms with Crippen LogP contribution in [0.1, 0.15) is 44.7 Å². The van der Waals surface area contributed by atoms with Gasteiger partial charge in [-0.3, -0.25) is 4.79 Å². The fourth-order valence-electron chi connectivity index (χ4n) is 4.11. The highest BCUT2D eigenvalue weighted by Gasteiger charge is 2.63. The Labute approximate surface area is 191 Å². The molecule has 178 valence electrons. The van der Waals surface area contributed by atoms with Crippen LogP contribution in [0.25, 0.3) is 0 Å². The van der Waals surface area contributed by atoms with E-state index in [1.54, 1.807) is 12.1 Å². The molecule has 33 heavy (non-hydrogen) atoms. The fraction of sp³-hybridized carbons (Fsp3) is 0.480. The number of carbonyl (C=O) groups excluding carboxylic acids is 1. The molecule has 5 nitrogen and oxygen atoms in total. The lowest BCUT2D eigenvalue weighted by atomic mass is 10.1. The molecule has 0 radical (unpaired) electrons. The molecule has 2 aliphatic rings. The summed E-state index contributed by atoms with van der Waals surface area (Å²) in [5.74, 6) is 1.17. The summed E-state index contributed by atoms with van der Waals surface area (Å²) in [6.07, 6.45) is -3.01. The van der Waals surface area contributed by atoms with E-state index in [2.05, 4.69) is 10.2 Å². The molecule has 1 N–H and O–H groups in total. The van der Waals surface area contributed by atoms with Crippen molar-refractivity contribution in [3.05, 3.63) is 54.1 Å². The highest BCUT2D eigenvalue weighted by molar-refractivity contribution is 5.73. The van der Waals surface area contributed by atoms with E-state index in [4.69, 9.17) is 9.47 Å². The molecule has 0 spiro atoms. The van der Waals surface area contributed by atoms with Crippen molar-refractivity contribution < 1.29 is 27.4 Å². The number of hydrogen-bond acceptors (Lipinski definition) is 4. The van der Waals surface area contributed by atoms with E-state index in [0.717, 1.165) is 36.5 Å². The summed E-state index contributed by atoms with van der Waals surface area (Å²) >= 11 is 0. The largest absolute Gasteiger partial charge is 0.493 e. The van der Waals surface area contributed by atoms with E-state index in [9.17, 15) is 18.0 Å². The quantitative estimate of drug-likeness (QED) is 0.581. The van der Waals surface area contributed by atoms with Crippen molar-refractivity contribution >= 4 is 11.6 Å². The predicted molar refractivity (Wildman–Crippen MR) is 120 cm³/mol. The Morgan fingerprint density at radius 2 is 1.76 bits per heavy atom. The Balaban J connectivity index is 1.27. The van der Waals surface area contributed by atoms with Crippen molar-refractivity contribution in [1.29, 1.82) is 0 Å². The van der Waals surface area contributed by atoms with Crippen LogP contribution >= 0.6 is 0 Å². The minimum Gasteiger partial charge on any atom is -0.493 e. The van der Waals surface area contributed by atoms with Gasteiger partial charge in [0, 0.05) is 25.6 Å². The molecule has 1 aliphatic carbocycles. The van der Waals surface area contributed by atoms with Crippen molar-refractivity contribution in [3.63, 3.8) is 0 Å². The number of hydrogen-bond donors (Lipinski definition) is 1. The molecule has 1 saturated heterocycles. The van der Waals surface area contributed by atoms with E-state index in [0.29, 0.717) is 5.75 Å². The summed E-state index contributed by atoms with van der Waals surface area (Å²) in [7, 11) is 0. The highest BCUT2D eigenvalue weighted by atomic mass is 19.4. The van der Waals surface area contributed by atoms with Gasteiger partial charge in [0.05, 0.1) is 12.6 Å². The van der Waals surface area contributed by atoms with Gasteiger partial charge in [-0.05, 0) is 61.7 Å². The summed E-state index contributed by atoms with van der Waals surface area (Å²) < 4.78 is 50.7. The normalized spacial score (nSPS) is 20.3. The number of halogens is 3. The van der Waals surface area contributed by atoms with Crippen LogP contribution in [-0.4, -0.2) is 37.9 Å². The Morgan fingerprint density at radius 3 is 2.33 bits per heavy atom. The van der Waals surface area contributed by atoms with Crippen LogP contribution in [0.5, 0.6) is 11.5 Å². The first-order chi connectivity index (χ1) is 15.6. The average Bonchev–Trinajstić information content (AvgIpc) is 3.45. The zero-order chi connectivity index (χ0) is 23.6. The summed E-state index contributed by atoms with van der Waals surface area (Å²) in [5, 5.41) is 2.86. The maximum absolute atomic E-state index is 13.0. The molecular weight excluding hydrogens is 433 g/mol. The van der Waals surface area contributed by atoms with E-state index < -0.39 is 11.6 Å². The summed E-state index contributed by atoms with van der Waals surface area (Å²) in [5.41, 5.74) is 0.339. The second kappa shape index (κ2) is 9.15. The van der Waals surface area contributed by atoms with Gasteiger partial charge >= 0.3 is 6.18 Å². The molecule has 2 aromatic rings. The van der Waals surface area contributed by atoms with Crippen LogP contribution in [0.15, 0.2) is 48.5 Å². The van der Waals surface area contributed by atoms with Crippen LogP contribution in [0.2, 0.25) is 0 Å². The predicted octanol–water partition coefficient (Wildman–Crippen LogP) is 5.26. The van der Waals surface area contributed by atoms with Gasteiger partial charge in [-0.25, -0.2) is 0 Å². The van der Waals surface area contributed by atoms with Crippen LogP contribution in [-0.2, 0) is 4.79 Å². The van der Waals surface area contributed by atoms with Crippen LogP contribution in [0, 0.1) is 5.41 Å². The molecule has 4 rings (SSSR count). The Morgan fingerprint density at radius 1 is 1.12 bits per heavy atom. The molecular formula is C25H29F3N2O3. The number of nitrogens with zero attached hydrogens (tertiary/aromatic N) is 1. The van der Waals surface area contributed by atoms with E-state index in [-0.39, 0.29) is 37.5 Å². The van der Waals surface area contributed by atoms with Gasteiger partial charge in [0.2, 0.25) is 5.91 Å². The first kappa shape index (κ1) is 23.3. The monoisotopic (exact) mass is 462 g/mol. The first-order valence-corrected chi connectivity index (χ1v) is 11.2. The smallest absolute Gasteiger partial charge is 0.397 e. The minimum atomic E-state index is -4.21. The molecule has 1 amide bonds. The summed E-state index contributed by atoms with van der Waals surface area (Å²) in [6, 6.07) is 14.9. The van der Waals surface area contributed by atoms with Crippen molar-refractivity contribution in [3.8, 4) is 11.5 Å². The average molecular weight is 463 g/mol. The van der Waals surface area contributed by atoms with Gasteiger partial charge in [0.25, 0.3) is 0 Å². The van der Waals surface area contributed by atoms with E-state index in [1.165, 1.54) is 6.92 Å². The van der Waals surface area contributed by atoms with Gasteiger partial charge in [0.15, 0.2) is 0 Å². The Hall–Kier alpha value is -2.90. The lowest BCUT2D eigenvalue weighted by molar-refractivity contribution is -0.194. The van der Waals surface area contributed by atoms with Gasteiger partial charge in [-0.1, -0.05) is 12.1 Å². The number of rotatable bonds is 8. The van der Waals surface area contributed by atoms with Gasteiger partial charge < -0.3 is 19.7 Å². The van der Waals surface area contributed by atoms with Crippen molar-refractivity contribution in [2.45, 2.75) is 51.4 Å². The third-order valence-corrected chi connectivity index (χ3v) is 6.42. The molecule has 8 heteroatoms. The molecule has 2 fully saturated rings. The number of alkyl halides is 3. The lowest BCUT2D eigenvalue weighted by Crippen LogP contribution is -2.30. The second-order valence-electron chi connectivity index (χ2n) is 9.03. The SMILES string of the molecule is CC(=O)N[C@@H](C)c1ccc(OC2CCN(c3ccc(OCC4(C(F)(F)F)CC4)cc3)C2)cc1. The standard InChI is InChI=1S/C25H29F3N2O3/c1-17(29-18(2)31)19-3-7-22(8-4-19)33-23-11-14-30(15-23)20-5-9-21(10-6-20)32-16-24(12-13-24)25(26,27)28/h3-10,17,23H,11-16H2,1-2H3,(H,29,31)/t17-,23?/m0/s1. The molecule has 1 unspecified atom stereocenters. The van der Waals surface area contributed by atoms with Crippen LogP contribution in [0.3, 0.4) is 0 Å². The van der Waals surface area contributed by atoms with E-state index >= 15 is 0 Å². The number of ether oxygens (including phenoxy) is 2. The van der Waals surface area contributed by atoms with Crippen molar-refractivity contribution in [1.82, 2.24) is 5.32 Å². The Kier molecular flexibility index (Phi) is 6.45. The highest BCUT2D eigenvalue weighted by Crippen LogP contribution is 2.57. The Bertz CT molecular complexity index is 956. The number of nitrogens with one attached hydrogen (secondary N) is 1. The number of anilines is 1. The molecule has 2 atom stereocenters. The molecule has 0 aromatic heterocycles. The van der Waals surface area contributed by atoms with E-state index in [1.807, 2.05) is 43.3 Å². The lowest BCUT2D eigenvalue weighted by Gasteiger charge is -2.21. The summed E-state index contributed by atoms with van der Waals surface area (Å²) in [6.45, 7) is 4.67. The molecule has 1 heterocycles. The molecule has 1 aliphatic heterocycles. The van der Waals surface area contributed by atoms with Gasteiger partial charge in [-0.2, -0.15) is 13.2 Å². The summed E-state index contributed by atoms with van der Waals surface area (Å²) in [4.78, 5) is 13.4. The van der Waals surface area contributed by atoms with Crippen LogP contribution in [0.4, 0.5) is 18.9 Å². The maximum atomic E-state index is 13.0.